The lowest BCUT2D eigenvalue weighted by molar-refractivity contribution is -0.141. The average molecular weight is 855 g/mol. The maximum absolute atomic E-state index is 13.4. The lowest BCUT2D eigenvalue weighted by Crippen LogP contribution is -2.63. The van der Waals surface area contributed by atoms with Gasteiger partial charge in [-0.25, -0.2) is 9.97 Å². The number of piperidine rings is 1. The number of aromatic nitrogens is 3. The van der Waals surface area contributed by atoms with E-state index in [0.717, 1.165) is 74.5 Å². The third-order valence-electron chi connectivity index (χ3n) is 13.5. The number of anilines is 2. The van der Waals surface area contributed by atoms with E-state index < -0.39 is 58.7 Å². The number of imide groups is 2. The Morgan fingerprint density at radius 1 is 0.919 bits per heavy atom. The Balaban J connectivity index is 0.735. The highest BCUT2D eigenvalue weighted by Gasteiger charge is 2.52. The number of rotatable bonds is 11. The Morgan fingerprint density at radius 2 is 1.66 bits per heavy atom. The van der Waals surface area contributed by atoms with E-state index in [9.17, 15) is 42.3 Å². The number of fused-ring (bicyclic) bond motifs is 2. The Morgan fingerprint density at radius 3 is 2.37 bits per heavy atom. The number of nitrogens with zero attached hydrogens (tertiary/aromatic N) is 5. The molecule has 0 bridgehead atoms. The fraction of sp³-hybridized carbons (Fsp3) is 0.489. The molecule has 2 saturated heterocycles. The summed E-state index contributed by atoms with van der Waals surface area (Å²) in [6.07, 6.45) is 6.49. The quantitative estimate of drug-likeness (QED) is 0.129. The number of halogens is 3. The lowest BCUT2D eigenvalue weighted by atomic mass is 9.57. The number of carbonyl (C=O) groups excluding carboxylic acids is 5. The summed E-state index contributed by atoms with van der Waals surface area (Å²) >= 11 is 0. The molecule has 9 rings (SSSR count). The minimum atomic E-state index is -4.70. The van der Waals surface area contributed by atoms with Crippen LogP contribution in [0, 0.1) is 17.3 Å². The second kappa shape index (κ2) is 15.6. The highest BCUT2D eigenvalue weighted by molar-refractivity contribution is 6.25. The summed E-state index contributed by atoms with van der Waals surface area (Å²) in [6, 6.07) is 8.98. The Hall–Kier alpha value is -5.68. The monoisotopic (exact) mass is 854 g/mol. The van der Waals surface area contributed by atoms with Gasteiger partial charge in [-0.05, 0) is 113 Å². The van der Waals surface area contributed by atoms with Gasteiger partial charge in [0.15, 0.2) is 0 Å². The summed E-state index contributed by atoms with van der Waals surface area (Å²) in [5.74, 6) is -1.44. The topological polar surface area (TPSA) is 178 Å². The van der Waals surface area contributed by atoms with Gasteiger partial charge >= 0.3 is 6.18 Å². The molecule has 6 heterocycles. The largest absolute Gasteiger partial charge is 0.433 e. The zero-order valence-electron chi connectivity index (χ0n) is 34.6. The third kappa shape index (κ3) is 7.96. The number of pyridine rings is 2. The number of imidazole rings is 1. The maximum atomic E-state index is 13.4. The summed E-state index contributed by atoms with van der Waals surface area (Å²) in [6.45, 7) is 7.09. The first-order valence-corrected chi connectivity index (χ1v) is 21.4. The molecule has 1 spiro atoms. The van der Waals surface area contributed by atoms with Crippen LogP contribution in [0.25, 0.3) is 5.65 Å². The molecule has 14 nitrogen and oxygen atoms in total. The number of benzene rings is 1. The molecule has 1 aromatic carbocycles. The SMILES string of the molecule is CC(C)(O)c1cc2nc(C3CCC(CN4CC5(CC(CCNc6cccc7c6C(=O)N(C6CCC(=O)NC6=O)C7=O)C5)C4)CC3)cn2cc1NC(=O)c1cccc(C(F)(F)F)n1. The minimum Gasteiger partial charge on any atom is -0.386 e. The zero-order valence-corrected chi connectivity index (χ0v) is 34.6. The summed E-state index contributed by atoms with van der Waals surface area (Å²) in [5, 5.41) is 19.3. The van der Waals surface area contributed by atoms with Gasteiger partial charge in [-0.15, -0.1) is 0 Å². The smallest absolute Gasteiger partial charge is 0.386 e. The lowest BCUT2D eigenvalue weighted by Gasteiger charge is -2.60. The fourth-order valence-corrected chi connectivity index (χ4v) is 10.5. The molecule has 62 heavy (non-hydrogen) atoms. The van der Waals surface area contributed by atoms with Crippen molar-refractivity contribution in [3.8, 4) is 0 Å². The average Bonchev–Trinajstić information content (AvgIpc) is 3.73. The van der Waals surface area contributed by atoms with Crippen LogP contribution in [0.2, 0.25) is 0 Å². The summed E-state index contributed by atoms with van der Waals surface area (Å²) in [5.41, 5.74) is 0.723. The second-order valence-corrected chi connectivity index (χ2v) is 18.5. The molecule has 3 aromatic heterocycles. The standard InChI is InChI=1S/C45H49F3N8O6/c1-43(2,62)29-17-36-51-32(21-55(36)22-33(29)52-39(58)31-7-4-8-35(50-31)45(46,47)48)27-11-9-25(10-12-27)20-54-23-44(24-54)18-26(19-44)15-16-49-30-6-3-5-28-38(30)42(61)56(41(28)60)34-13-14-37(57)53-40(34)59/h3-8,17,21-22,25-27,34,49,62H,9-16,18-20,23-24H2,1-2H3,(H,52,58)(H,53,57,59). The molecule has 4 fully saturated rings. The number of aliphatic hydroxyl groups is 1. The van der Waals surface area contributed by atoms with Crippen LogP contribution >= 0.6 is 0 Å². The fourth-order valence-electron chi connectivity index (χ4n) is 10.5. The van der Waals surface area contributed by atoms with Gasteiger partial charge in [0.25, 0.3) is 17.7 Å². The number of amides is 5. The molecule has 5 aliphatic rings. The molecule has 0 radical (unpaired) electrons. The molecular formula is C45H49F3N8O6. The molecule has 5 amide bonds. The maximum Gasteiger partial charge on any atom is 0.433 e. The van der Waals surface area contributed by atoms with Gasteiger partial charge in [0, 0.05) is 62.2 Å². The first kappa shape index (κ1) is 41.7. The van der Waals surface area contributed by atoms with E-state index in [1.807, 2.05) is 6.20 Å². The molecule has 17 heteroatoms. The summed E-state index contributed by atoms with van der Waals surface area (Å²) in [4.78, 5) is 75.8. The number of hydrogen-bond donors (Lipinski definition) is 4. The normalized spacial score (nSPS) is 23.0. The number of nitrogens with one attached hydrogen (secondary N) is 3. The molecular weight excluding hydrogens is 806 g/mol. The van der Waals surface area contributed by atoms with Crippen molar-refractivity contribution >= 4 is 46.6 Å². The van der Waals surface area contributed by atoms with E-state index in [1.165, 1.54) is 18.9 Å². The van der Waals surface area contributed by atoms with E-state index in [2.05, 4.69) is 25.8 Å². The third-order valence-corrected chi connectivity index (χ3v) is 13.5. The predicted octanol–water partition coefficient (Wildman–Crippen LogP) is 6.12. The molecule has 4 aromatic rings. The molecule has 2 aliphatic carbocycles. The van der Waals surface area contributed by atoms with Crippen LogP contribution in [0.4, 0.5) is 24.5 Å². The first-order valence-electron chi connectivity index (χ1n) is 21.4. The van der Waals surface area contributed by atoms with E-state index in [-0.39, 0.29) is 35.6 Å². The molecule has 2 saturated carbocycles. The van der Waals surface area contributed by atoms with E-state index in [1.54, 1.807) is 48.7 Å². The van der Waals surface area contributed by atoms with Gasteiger partial charge in [0.1, 0.15) is 23.1 Å². The first-order chi connectivity index (χ1) is 29.4. The van der Waals surface area contributed by atoms with Crippen LogP contribution < -0.4 is 16.0 Å². The van der Waals surface area contributed by atoms with E-state index in [4.69, 9.17) is 4.98 Å². The molecule has 326 valence electrons. The van der Waals surface area contributed by atoms with Crippen LogP contribution in [0.1, 0.15) is 126 Å². The molecule has 4 N–H and O–H groups in total. The van der Waals surface area contributed by atoms with Crippen molar-refractivity contribution in [2.24, 2.45) is 17.3 Å². The summed E-state index contributed by atoms with van der Waals surface area (Å²) < 4.78 is 41.5. The minimum absolute atomic E-state index is 0.0750. The van der Waals surface area contributed by atoms with Gasteiger partial charge in [-0.1, -0.05) is 12.1 Å². The van der Waals surface area contributed by atoms with Crippen molar-refractivity contribution in [2.75, 3.05) is 36.8 Å². The Bertz CT molecular complexity index is 2470. The van der Waals surface area contributed by atoms with Gasteiger partial charge in [-0.2, -0.15) is 13.2 Å². The molecule has 1 unspecified atom stereocenters. The van der Waals surface area contributed by atoms with Gasteiger partial charge < -0.3 is 25.0 Å². The van der Waals surface area contributed by atoms with Crippen molar-refractivity contribution in [3.63, 3.8) is 0 Å². The van der Waals surface area contributed by atoms with Crippen molar-refractivity contribution in [1.29, 1.82) is 0 Å². The highest BCUT2D eigenvalue weighted by Crippen LogP contribution is 2.53. The van der Waals surface area contributed by atoms with Crippen LogP contribution in [-0.4, -0.2) is 91.0 Å². The Kier molecular flexibility index (Phi) is 10.5. The van der Waals surface area contributed by atoms with Crippen LogP contribution in [0.3, 0.4) is 0 Å². The molecule has 3 aliphatic heterocycles. The zero-order chi connectivity index (χ0) is 43.7. The number of alkyl halides is 3. The number of carbonyl (C=O) groups is 5. The van der Waals surface area contributed by atoms with E-state index >= 15 is 0 Å². The highest BCUT2D eigenvalue weighted by atomic mass is 19.4. The summed E-state index contributed by atoms with van der Waals surface area (Å²) in [7, 11) is 0. The van der Waals surface area contributed by atoms with E-state index in [0.29, 0.717) is 40.7 Å². The number of hydrogen-bond acceptors (Lipinski definition) is 10. The van der Waals surface area contributed by atoms with Gasteiger partial charge in [0.05, 0.1) is 28.1 Å². The van der Waals surface area contributed by atoms with Crippen LogP contribution in [0.15, 0.2) is 54.9 Å². The van der Waals surface area contributed by atoms with Crippen LogP contribution in [-0.2, 0) is 21.4 Å². The van der Waals surface area contributed by atoms with Gasteiger partial charge in [-0.3, -0.25) is 34.2 Å². The van der Waals surface area contributed by atoms with Gasteiger partial charge in [0.2, 0.25) is 11.8 Å². The van der Waals surface area contributed by atoms with Crippen LogP contribution in [0.5, 0.6) is 0 Å². The van der Waals surface area contributed by atoms with Crippen molar-refractivity contribution in [3.05, 3.63) is 88.6 Å². The van der Waals surface area contributed by atoms with Crippen molar-refractivity contribution < 1.29 is 42.3 Å². The van der Waals surface area contributed by atoms with Crippen molar-refractivity contribution in [2.45, 2.75) is 95.4 Å². The second-order valence-electron chi connectivity index (χ2n) is 18.5. The van der Waals surface area contributed by atoms with Crippen molar-refractivity contribution in [1.82, 2.24) is 29.5 Å². The number of likely N-dealkylation sites (tertiary alicyclic amines) is 1. The Labute approximate surface area is 355 Å². The molecule has 1 atom stereocenters. The predicted molar refractivity (Wildman–Crippen MR) is 220 cm³/mol.